The summed E-state index contributed by atoms with van der Waals surface area (Å²) in [7, 11) is 0. The Labute approximate surface area is 114 Å². The quantitative estimate of drug-likeness (QED) is 0.770. The standard InChI is InChI=1S/C15H22N2O2/c18-15(19)14-6-4-5-13(11-14)12-16-7-10-17-8-2-1-3-9-17/h4-6,11,16H,1-3,7-10,12H2,(H,18,19). The monoisotopic (exact) mass is 262 g/mol. The first-order valence-corrected chi connectivity index (χ1v) is 7.01. The Morgan fingerprint density at radius 3 is 2.79 bits per heavy atom. The number of carboxylic acids is 1. The number of hydrogen-bond acceptors (Lipinski definition) is 3. The number of nitrogens with one attached hydrogen (secondary N) is 1. The van der Waals surface area contributed by atoms with E-state index in [1.54, 1.807) is 18.2 Å². The molecule has 4 heteroatoms. The summed E-state index contributed by atoms with van der Waals surface area (Å²) >= 11 is 0. The summed E-state index contributed by atoms with van der Waals surface area (Å²) in [6, 6.07) is 7.11. The Morgan fingerprint density at radius 1 is 1.26 bits per heavy atom. The zero-order valence-corrected chi connectivity index (χ0v) is 11.3. The largest absolute Gasteiger partial charge is 0.478 e. The average molecular weight is 262 g/mol. The first kappa shape index (κ1) is 14.0. The van der Waals surface area contributed by atoms with Gasteiger partial charge in [0.05, 0.1) is 5.56 Å². The fraction of sp³-hybridized carbons (Fsp3) is 0.533. The lowest BCUT2D eigenvalue weighted by Crippen LogP contribution is -2.35. The molecule has 4 nitrogen and oxygen atoms in total. The average Bonchev–Trinajstić information content (AvgIpc) is 2.45. The number of carbonyl (C=O) groups is 1. The molecule has 0 unspecified atom stereocenters. The molecule has 0 aliphatic carbocycles. The highest BCUT2D eigenvalue weighted by Crippen LogP contribution is 2.08. The second-order valence-electron chi connectivity index (χ2n) is 5.08. The van der Waals surface area contributed by atoms with Crippen molar-refractivity contribution in [3.63, 3.8) is 0 Å². The first-order valence-electron chi connectivity index (χ1n) is 7.01. The van der Waals surface area contributed by atoms with Crippen LogP contribution in [0.15, 0.2) is 24.3 Å². The Bertz CT molecular complexity index is 414. The topological polar surface area (TPSA) is 52.6 Å². The van der Waals surface area contributed by atoms with Crippen LogP contribution in [0.5, 0.6) is 0 Å². The van der Waals surface area contributed by atoms with Gasteiger partial charge in [0, 0.05) is 19.6 Å². The van der Waals surface area contributed by atoms with Gasteiger partial charge in [-0.05, 0) is 43.6 Å². The Balaban J connectivity index is 1.70. The van der Waals surface area contributed by atoms with Crippen molar-refractivity contribution in [2.75, 3.05) is 26.2 Å². The summed E-state index contributed by atoms with van der Waals surface area (Å²) in [5.74, 6) is -0.866. The maximum atomic E-state index is 10.9. The van der Waals surface area contributed by atoms with Crippen LogP contribution >= 0.6 is 0 Å². The van der Waals surface area contributed by atoms with Crippen LogP contribution in [0.4, 0.5) is 0 Å². The SMILES string of the molecule is O=C(O)c1cccc(CNCCN2CCCCC2)c1. The lowest BCUT2D eigenvalue weighted by atomic mass is 10.1. The van der Waals surface area contributed by atoms with Crippen LogP contribution in [-0.4, -0.2) is 42.2 Å². The minimum atomic E-state index is -0.866. The third-order valence-electron chi connectivity index (χ3n) is 3.56. The van der Waals surface area contributed by atoms with E-state index in [1.807, 2.05) is 6.07 Å². The molecule has 0 aromatic heterocycles. The smallest absolute Gasteiger partial charge is 0.335 e. The molecule has 0 atom stereocenters. The van der Waals surface area contributed by atoms with Crippen LogP contribution < -0.4 is 5.32 Å². The summed E-state index contributed by atoms with van der Waals surface area (Å²) in [5, 5.41) is 12.3. The fourth-order valence-electron chi connectivity index (χ4n) is 2.47. The molecule has 1 fully saturated rings. The van der Waals surface area contributed by atoms with E-state index in [2.05, 4.69) is 10.2 Å². The van der Waals surface area contributed by atoms with Gasteiger partial charge >= 0.3 is 5.97 Å². The van der Waals surface area contributed by atoms with E-state index in [0.717, 1.165) is 25.2 Å². The Hall–Kier alpha value is -1.39. The van der Waals surface area contributed by atoms with Crippen LogP contribution in [0.2, 0.25) is 0 Å². The number of rotatable bonds is 6. The number of hydrogen-bond donors (Lipinski definition) is 2. The van der Waals surface area contributed by atoms with Crippen molar-refractivity contribution in [3.8, 4) is 0 Å². The van der Waals surface area contributed by atoms with E-state index in [0.29, 0.717) is 5.56 Å². The molecule has 0 radical (unpaired) electrons. The Morgan fingerprint density at radius 2 is 2.05 bits per heavy atom. The fourth-order valence-corrected chi connectivity index (χ4v) is 2.47. The summed E-state index contributed by atoms with van der Waals surface area (Å²) in [4.78, 5) is 13.4. The molecule has 0 bridgehead atoms. The number of aromatic carboxylic acids is 1. The van der Waals surface area contributed by atoms with Gasteiger partial charge in [0.25, 0.3) is 0 Å². The number of nitrogens with zero attached hydrogens (tertiary/aromatic N) is 1. The molecule has 2 rings (SSSR count). The highest BCUT2D eigenvalue weighted by molar-refractivity contribution is 5.87. The van der Waals surface area contributed by atoms with Gasteiger partial charge in [0.15, 0.2) is 0 Å². The zero-order valence-electron chi connectivity index (χ0n) is 11.3. The second-order valence-corrected chi connectivity index (χ2v) is 5.08. The minimum Gasteiger partial charge on any atom is -0.478 e. The third-order valence-corrected chi connectivity index (χ3v) is 3.56. The number of carboxylic acid groups (broad SMARTS) is 1. The first-order chi connectivity index (χ1) is 9.25. The summed E-state index contributed by atoms with van der Waals surface area (Å²) in [5.41, 5.74) is 1.38. The van der Waals surface area contributed by atoms with Crippen molar-refractivity contribution in [2.24, 2.45) is 0 Å². The minimum absolute atomic E-state index is 0.357. The normalized spacial score (nSPS) is 16.4. The van der Waals surface area contributed by atoms with Gasteiger partial charge < -0.3 is 15.3 Å². The summed E-state index contributed by atoms with van der Waals surface area (Å²) in [6.07, 6.45) is 4.01. The van der Waals surface area contributed by atoms with Crippen molar-refractivity contribution in [2.45, 2.75) is 25.8 Å². The van der Waals surface area contributed by atoms with E-state index >= 15 is 0 Å². The molecular formula is C15H22N2O2. The molecule has 0 spiro atoms. The molecule has 1 aromatic rings. The van der Waals surface area contributed by atoms with Crippen molar-refractivity contribution in [1.82, 2.24) is 10.2 Å². The summed E-state index contributed by atoms with van der Waals surface area (Å²) < 4.78 is 0. The lowest BCUT2D eigenvalue weighted by molar-refractivity contribution is 0.0696. The van der Waals surface area contributed by atoms with Crippen molar-refractivity contribution in [3.05, 3.63) is 35.4 Å². The van der Waals surface area contributed by atoms with E-state index < -0.39 is 5.97 Å². The van der Waals surface area contributed by atoms with Gasteiger partial charge in [0.2, 0.25) is 0 Å². The number of benzene rings is 1. The second kappa shape index (κ2) is 7.26. The van der Waals surface area contributed by atoms with E-state index in [9.17, 15) is 4.79 Å². The van der Waals surface area contributed by atoms with Crippen LogP contribution in [-0.2, 0) is 6.54 Å². The molecule has 1 saturated heterocycles. The summed E-state index contributed by atoms with van der Waals surface area (Å²) in [6.45, 7) is 5.21. The van der Waals surface area contributed by atoms with E-state index in [4.69, 9.17) is 5.11 Å². The molecule has 1 aromatic carbocycles. The molecule has 0 amide bonds. The van der Waals surface area contributed by atoms with E-state index in [1.165, 1.54) is 32.4 Å². The van der Waals surface area contributed by atoms with Crippen LogP contribution in [0, 0.1) is 0 Å². The van der Waals surface area contributed by atoms with Crippen molar-refractivity contribution >= 4 is 5.97 Å². The molecule has 1 heterocycles. The van der Waals surface area contributed by atoms with Crippen LogP contribution in [0.1, 0.15) is 35.2 Å². The highest BCUT2D eigenvalue weighted by atomic mass is 16.4. The van der Waals surface area contributed by atoms with Gasteiger partial charge in [-0.3, -0.25) is 0 Å². The number of piperidine rings is 1. The maximum absolute atomic E-state index is 10.9. The van der Waals surface area contributed by atoms with Crippen molar-refractivity contribution < 1.29 is 9.90 Å². The van der Waals surface area contributed by atoms with Gasteiger partial charge in [0.1, 0.15) is 0 Å². The third kappa shape index (κ3) is 4.65. The molecule has 104 valence electrons. The predicted molar refractivity (Wildman–Crippen MR) is 75.4 cm³/mol. The van der Waals surface area contributed by atoms with Gasteiger partial charge in [-0.2, -0.15) is 0 Å². The van der Waals surface area contributed by atoms with Crippen LogP contribution in [0.25, 0.3) is 0 Å². The molecule has 1 aliphatic rings. The maximum Gasteiger partial charge on any atom is 0.335 e. The van der Waals surface area contributed by atoms with Gasteiger partial charge in [-0.15, -0.1) is 0 Å². The lowest BCUT2D eigenvalue weighted by Gasteiger charge is -2.26. The molecular weight excluding hydrogens is 240 g/mol. The zero-order chi connectivity index (χ0) is 13.5. The molecule has 0 saturated carbocycles. The molecule has 19 heavy (non-hydrogen) atoms. The number of likely N-dealkylation sites (tertiary alicyclic amines) is 1. The van der Waals surface area contributed by atoms with Gasteiger partial charge in [-0.1, -0.05) is 18.6 Å². The van der Waals surface area contributed by atoms with Crippen LogP contribution in [0.3, 0.4) is 0 Å². The van der Waals surface area contributed by atoms with E-state index in [-0.39, 0.29) is 0 Å². The highest BCUT2D eigenvalue weighted by Gasteiger charge is 2.08. The molecule has 1 aliphatic heterocycles. The van der Waals surface area contributed by atoms with Gasteiger partial charge in [-0.25, -0.2) is 4.79 Å². The molecule has 2 N–H and O–H groups in total. The Kier molecular flexibility index (Phi) is 5.36. The van der Waals surface area contributed by atoms with Crippen molar-refractivity contribution in [1.29, 1.82) is 0 Å². The predicted octanol–water partition coefficient (Wildman–Crippen LogP) is 1.96.